The number of sulfonamides is 1. The maximum Gasteiger partial charge on any atom is 0.433 e. The van der Waals surface area contributed by atoms with Crippen LogP contribution in [0.2, 0.25) is 0 Å². The van der Waals surface area contributed by atoms with Crippen molar-refractivity contribution in [3.63, 3.8) is 0 Å². The molecule has 3 aromatic heterocycles. The van der Waals surface area contributed by atoms with Crippen molar-refractivity contribution >= 4 is 26.9 Å². The maximum absolute atomic E-state index is 13.5. The minimum absolute atomic E-state index is 0.0384. The number of rotatable bonds is 6. The standard InChI is InChI=1S/C25H20F4N4O4S/c26-18-4-5-21-17(11-18)12-23(37-21)38(35,36)33-9-1-2-20(33)24(34)32-13-15-7-8-30-19(10-15)16-3-6-22(31-14-16)25(27,28)29/h3-8,10-12,14,20H,1-2,9,13H2,(H,32,34)/t20-/m0/s1. The third-order valence-corrected chi connectivity index (χ3v) is 7.93. The van der Waals surface area contributed by atoms with Gasteiger partial charge in [-0.3, -0.25) is 14.8 Å². The second-order valence-electron chi connectivity index (χ2n) is 8.72. The maximum atomic E-state index is 13.5. The molecule has 1 atom stereocenters. The molecular weight excluding hydrogens is 528 g/mol. The van der Waals surface area contributed by atoms with Crippen molar-refractivity contribution in [2.45, 2.75) is 36.7 Å². The van der Waals surface area contributed by atoms with Gasteiger partial charge in [-0.05, 0) is 60.9 Å². The molecule has 0 spiro atoms. The van der Waals surface area contributed by atoms with Gasteiger partial charge in [-0.1, -0.05) is 0 Å². The summed E-state index contributed by atoms with van der Waals surface area (Å²) >= 11 is 0. The molecule has 0 unspecified atom stereocenters. The van der Waals surface area contributed by atoms with Crippen molar-refractivity contribution < 1.29 is 35.2 Å². The van der Waals surface area contributed by atoms with Crippen molar-refractivity contribution in [1.82, 2.24) is 19.6 Å². The zero-order valence-corrected chi connectivity index (χ0v) is 20.4. The number of hydrogen-bond acceptors (Lipinski definition) is 6. The predicted molar refractivity (Wildman–Crippen MR) is 127 cm³/mol. The third kappa shape index (κ3) is 5.11. The van der Waals surface area contributed by atoms with Gasteiger partial charge in [0.15, 0.2) is 0 Å². The van der Waals surface area contributed by atoms with Crippen molar-refractivity contribution in [2.75, 3.05) is 6.54 Å². The van der Waals surface area contributed by atoms with Crippen LogP contribution in [0.3, 0.4) is 0 Å². The Morgan fingerprint density at radius 2 is 1.92 bits per heavy atom. The number of aromatic nitrogens is 2. The van der Waals surface area contributed by atoms with E-state index in [0.29, 0.717) is 35.0 Å². The Morgan fingerprint density at radius 1 is 1.11 bits per heavy atom. The first-order valence-electron chi connectivity index (χ1n) is 11.5. The lowest BCUT2D eigenvalue weighted by molar-refractivity contribution is -0.141. The summed E-state index contributed by atoms with van der Waals surface area (Å²) in [6.45, 7) is 0.156. The summed E-state index contributed by atoms with van der Waals surface area (Å²) in [4.78, 5) is 20.6. The number of amides is 1. The Hall–Kier alpha value is -3.84. The fourth-order valence-electron chi connectivity index (χ4n) is 4.28. The highest BCUT2D eigenvalue weighted by Crippen LogP contribution is 2.31. The normalized spacial score (nSPS) is 16.7. The molecule has 0 radical (unpaired) electrons. The molecule has 38 heavy (non-hydrogen) atoms. The van der Waals surface area contributed by atoms with Crippen LogP contribution < -0.4 is 5.32 Å². The first-order chi connectivity index (χ1) is 18.0. The molecule has 4 heterocycles. The molecule has 13 heteroatoms. The number of furan rings is 1. The number of hydrogen-bond donors (Lipinski definition) is 1. The summed E-state index contributed by atoms with van der Waals surface area (Å²) in [7, 11) is -4.16. The van der Waals surface area contributed by atoms with E-state index in [4.69, 9.17) is 4.42 Å². The third-order valence-electron chi connectivity index (χ3n) is 6.17. The molecule has 1 amide bonds. The van der Waals surface area contributed by atoms with Crippen LogP contribution in [0, 0.1) is 5.82 Å². The molecule has 4 aromatic rings. The van der Waals surface area contributed by atoms with Gasteiger partial charge in [-0.15, -0.1) is 0 Å². The van der Waals surface area contributed by atoms with Gasteiger partial charge in [-0.2, -0.15) is 17.5 Å². The number of nitrogens with one attached hydrogen (secondary N) is 1. The smallest absolute Gasteiger partial charge is 0.433 e. The van der Waals surface area contributed by atoms with Gasteiger partial charge in [0.25, 0.3) is 10.0 Å². The van der Waals surface area contributed by atoms with E-state index in [1.165, 1.54) is 24.4 Å². The van der Waals surface area contributed by atoms with Crippen LogP contribution in [-0.2, 0) is 27.5 Å². The van der Waals surface area contributed by atoms with E-state index in [1.54, 1.807) is 12.1 Å². The zero-order chi connectivity index (χ0) is 27.1. The molecule has 1 saturated heterocycles. The quantitative estimate of drug-likeness (QED) is 0.356. The summed E-state index contributed by atoms with van der Waals surface area (Å²) in [6, 6.07) is 9.26. The van der Waals surface area contributed by atoms with Gasteiger partial charge < -0.3 is 9.73 Å². The molecule has 1 aromatic carbocycles. The van der Waals surface area contributed by atoms with E-state index in [0.717, 1.165) is 28.7 Å². The van der Waals surface area contributed by atoms with Gasteiger partial charge in [-0.25, -0.2) is 12.8 Å². The summed E-state index contributed by atoms with van der Waals surface area (Å²) in [5, 5.41) is 2.64. The monoisotopic (exact) mass is 548 g/mol. The number of nitrogens with zero attached hydrogens (tertiary/aromatic N) is 3. The topological polar surface area (TPSA) is 105 Å². The molecule has 5 rings (SSSR count). The Kier molecular flexibility index (Phi) is 6.65. The minimum Gasteiger partial charge on any atom is -0.443 e. The fourth-order valence-corrected chi connectivity index (χ4v) is 5.89. The highest BCUT2D eigenvalue weighted by molar-refractivity contribution is 7.89. The van der Waals surface area contributed by atoms with Crippen LogP contribution in [0.25, 0.3) is 22.2 Å². The van der Waals surface area contributed by atoms with Crippen LogP contribution in [0.1, 0.15) is 24.1 Å². The van der Waals surface area contributed by atoms with Gasteiger partial charge >= 0.3 is 6.18 Å². The van der Waals surface area contributed by atoms with Crippen LogP contribution >= 0.6 is 0 Å². The molecule has 1 aliphatic rings. The van der Waals surface area contributed by atoms with E-state index >= 15 is 0 Å². The van der Waals surface area contributed by atoms with E-state index < -0.39 is 39.7 Å². The highest BCUT2D eigenvalue weighted by atomic mass is 32.2. The molecule has 8 nitrogen and oxygen atoms in total. The molecule has 0 bridgehead atoms. The van der Waals surface area contributed by atoms with Crippen LogP contribution in [-0.4, -0.2) is 41.2 Å². The fraction of sp³-hybridized carbons (Fsp3) is 0.240. The molecule has 1 fully saturated rings. The Morgan fingerprint density at radius 3 is 2.66 bits per heavy atom. The van der Waals surface area contributed by atoms with Crippen molar-refractivity contribution in [1.29, 1.82) is 0 Å². The largest absolute Gasteiger partial charge is 0.443 e. The SMILES string of the molecule is O=C(NCc1ccnc(-c2ccc(C(F)(F)F)nc2)c1)[C@@H]1CCCN1S(=O)(=O)c1cc2cc(F)ccc2o1. The van der Waals surface area contributed by atoms with Crippen LogP contribution in [0.15, 0.2) is 70.4 Å². The first kappa shape index (κ1) is 25.8. The predicted octanol–water partition coefficient (Wildman–Crippen LogP) is 4.52. The molecular formula is C25H20F4N4O4S. The first-order valence-corrected chi connectivity index (χ1v) is 12.9. The lowest BCUT2D eigenvalue weighted by Gasteiger charge is -2.22. The summed E-state index contributed by atoms with van der Waals surface area (Å²) < 4.78 is 84.8. The molecule has 1 N–H and O–H groups in total. The second kappa shape index (κ2) is 9.80. The van der Waals surface area contributed by atoms with Gasteiger partial charge in [0.1, 0.15) is 23.1 Å². The minimum atomic E-state index is -4.55. The van der Waals surface area contributed by atoms with E-state index in [-0.39, 0.29) is 23.8 Å². The number of halogens is 4. The number of alkyl halides is 3. The number of carbonyl (C=O) groups is 1. The Balaban J connectivity index is 1.28. The summed E-state index contributed by atoms with van der Waals surface area (Å²) in [5.41, 5.74) is 0.529. The zero-order valence-electron chi connectivity index (χ0n) is 19.6. The van der Waals surface area contributed by atoms with E-state index in [1.807, 2.05) is 0 Å². The van der Waals surface area contributed by atoms with Gasteiger partial charge in [0.2, 0.25) is 11.0 Å². The second-order valence-corrected chi connectivity index (χ2v) is 10.5. The molecule has 0 aliphatic carbocycles. The van der Waals surface area contributed by atoms with Crippen molar-refractivity contribution in [2.24, 2.45) is 0 Å². The number of fused-ring (bicyclic) bond motifs is 1. The van der Waals surface area contributed by atoms with Crippen molar-refractivity contribution in [3.8, 4) is 11.3 Å². The molecule has 1 aliphatic heterocycles. The Labute approximate surface area is 214 Å². The lowest BCUT2D eigenvalue weighted by Crippen LogP contribution is -2.45. The van der Waals surface area contributed by atoms with Gasteiger partial charge in [0, 0.05) is 42.5 Å². The lowest BCUT2D eigenvalue weighted by atomic mass is 10.1. The summed E-state index contributed by atoms with van der Waals surface area (Å²) in [6.07, 6.45) is -1.26. The molecule has 0 saturated carbocycles. The average Bonchev–Trinajstić information content (AvgIpc) is 3.55. The van der Waals surface area contributed by atoms with E-state index in [9.17, 15) is 30.8 Å². The van der Waals surface area contributed by atoms with E-state index in [2.05, 4.69) is 15.3 Å². The number of benzene rings is 1. The van der Waals surface area contributed by atoms with Crippen LogP contribution in [0.4, 0.5) is 17.6 Å². The Bertz CT molecular complexity index is 1600. The molecule has 198 valence electrons. The average molecular weight is 549 g/mol. The number of pyridine rings is 2. The summed E-state index contributed by atoms with van der Waals surface area (Å²) in [5.74, 6) is -1.04. The number of carbonyl (C=O) groups excluding carboxylic acids is 1. The van der Waals surface area contributed by atoms with Crippen LogP contribution in [0.5, 0.6) is 0 Å². The highest BCUT2D eigenvalue weighted by Gasteiger charge is 2.41. The van der Waals surface area contributed by atoms with Crippen molar-refractivity contribution in [3.05, 3.63) is 78.0 Å². The van der Waals surface area contributed by atoms with Gasteiger partial charge in [0.05, 0.1) is 5.69 Å².